The standard InChI is InChI=1S/C19H27N3O2/c23-18(16-13-19(16)5-7-20-8-6-19)21-17-4-2-1-3-15(17)14-22-9-11-24-12-10-22/h1-4,16,20H,5-14H2,(H,21,23). The van der Waals surface area contributed by atoms with Gasteiger partial charge in [0.15, 0.2) is 0 Å². The number of para-hydroxylation sites is 1. The SMILES string of the molecule is O=C(Nc1ccccc1CN1CCOCC1)C1CC12CCNCC2. The second-order valence-electron chi connectivity index (χ2n) is 7.40. The van der Waals surface area contributed by atoms with Gasteiger partial charge in [0.2, 0.25) is 5.91 Å². The number of anilines is 1. The Morgan fingerprint density at radius 3 is 2.79 bits per heavy atom. The van der Waals surface area contributed by atoms with Gasteiger partial charge in [-0.15, -0.1) is 0 Å². The smallest absolute Gasteiger partial charge is 0.228 e. The summed E-state index contributed by atoms with van der Waals surface area (Å²) in [5, 5.41) is 6.61. The zero-order valence-corrected chi connectivity index (χ0v) is 14.2. The predicted molar refractivity (Wildman–Crippen MR) is 93.8 cm³/mol. The Morgan fingerprint density at radius 1 is 1.25 bits per heavy atom. The van der Waals surface area contributed by atoms with Crippen molar-refractivity contribution in [2.45, 2.75) is 25.8 Å². The van der Waals surface area contributed by atoms with Crippen molar-refractivity contribution in [3.8, 4) is 0 Å². The largest absolute Gasteiger partial charge is 0.379 e. The first-order valence-electron chi connectivity index (χ1n) is 9.16. The van der Waals surface area contributed by atoms with Crippen molar-refractivity contribution in [1.82, 2.24) is 10.2 Å². The molecule has 1 saturated carbocycles. The van der Waals surface area contributed by atoms with E-state index in [1.165, 1.54) is 5.56 Å². The van der Waals surface area contributed by atoms with Gasteiger partial charge in [0.25, 0.3) is 0 Å². The van der Waals surface area contributed by atoms with Crippen LogP contribution in [0.15, 0.2) is 24.3 Å². The second kappa shape index (κ2) is 6.82. The third-order valence-corrected chi connectivity index (χ3v) is 5.88. The van der Waals surface area contributed by atoms with Crippen molar-refractivity contribution < 1.29 is 9.53 Å². The van der Waals surface area contributed by atoms with Crippen LogP contribution in [0.25, 0.3) is 0 Å². The van der Waals surface area contributed by atoms with Crippen LogP contribution in [0.1, 0.15) is 24.8 Å². The lowest BCUT2D eigenvalue weighted by molar-refractivity contribution is -0.118. The molecular weight excluding hydrogens is 302 g/mol. The lowest BCUT2D eigenvalue weighted by atomic mass is 9.91. The van der Waals surface area contributed by atoms with Gasteiger partial charge in [0.05, 0.1) is 13.2 Å². The lowest BCUT2D eigenvalue weighted by Crippen LogP contribution is -2.36. The van der Waals surface area contributed by atoms with Gasteiger partial charge >= 0.3 is 0 Å². The van der Waals surface area contributed by atoms with E-state index >= 15 is 0 Å². The Bertz CT molecular complexity index is 592. The summed E-state index contributed by atoms with van der Waals surface area (Å²) in [5.74, 6) is 0.419. The number of carbonyl (C=O) groups is 1. The first kappa shape index (κ1) is 16.1. The van der Waals surface area contributed by atoms with Crippen molar-refractivity contribution in [2.24, 2.45) is 11.3 Å². The van der Waals surface area contributed by atoms with Gasteiger partial charge in [-0.05, 0) is 49.4 Å². The maximum Gasteiger partial charge on any atom is 0.228 e. The highest BCUT2D eigenvalue weighted by atomic mass is 16.5. The Labute approximate surface area is 143 Å². The molecule has 4 rings (SSSR count). The highest BCUT2D eigenvalue weighted by molar-refractivity contribution is 5.95. The summed E-state index contributed by atoms with van der Waals surface area (Å²) in [4.78, 5) is 15.1. The maximum atomic E-state index is 12.7. The van der Waals surface area contributed by atoms with E-state index in [0.717, 1.165) is 70.9 Å². The molecule has 0 bridgehead atoms. The average molecular weight is 329 g/mol. The highest BCUT2D eigenvalue weighted by Gasteiger charge is 2.57. The quantitative estimate of drug-likeness (QED) is 0.885. The summed E-state index contributed by atoms with van der Waals surface area (Å²) in [7, 11) is 0. The van der Waals surface area contributed by atoms with E-state index in [-0.39, 0.29) is 17.2 Å². The van der Waals surface area contributed by atoms with Crippen molar-refractivity contribution in [1.29, 1.82) is 0 Å². The molecule has 1 spiro atoms. The maximum absolute atomic E-state index is 12.7. The molecule has 1 unspecified atom stereocenters. The molecule has 2 N–H and O–H groups in total. The third kappa shape index (κ3) is 3.34. The molecule has 2 heterocycles. The molecule has 3 fully saturated rings. The van der Waals surface area contributed by atoms with E-state index < -0.39 is 0 Å². The van der Waals surface area contributed by atoms with Crippen molar-refractivity contribution >= 4 is 11.6 Å². The monoisotopic (exact) mass is 329 g/mol. The molecule has 1 aliphatic carbocycles. The number of piperidine rings is 1. The van der Waals surface area contributed by atoms with Gasteiger partial charge in [0, 0.05) is 31.2 Å². The first-order valence-corrected chi connectivity index (χ1v) is 9.16. The minimum absolute atomic E-state index is 0.205. The molecule has 1 aromatic carbocycles. The van der Waals surface area contributed by atoms with Gasteiger partial charge in [-0.3, -0.25) is 9.69 Å². The number of hydrogen-bond acceptors (Lipinski definition) is 4. The highest BCUT2D eigenvalue weighted by Crippen LogP contribution is 2.58. The molecule has 1 aromatic rings. The fraction of sp³-hybridized carbons (Fsp3) is 0.632. The second-order valence-corrected chi connectivity index (χ2v) is 7.40. The molecule has 2 saturated heterocycles. The minimum atomic E-state index is 0.205. The van der Waals surface area contributed by atoms with E-state index in [9.17, 15) is 4.79 Å². The molecule has 5 heteroatoms. The third-order valence-electron chi connectivity index (χ3n) is 5.88. The number of nitrogens with zero attached hydrogens (tertiary/aromatic N) is 1. The van der Waals surface area contributed by atoms with E-state index in [4.69, 9.17) is 4.74 Å². The van der Waals surface area contributed by atoms with E-state index in [0.29, 0.717) is 0 Å². The zero-order valence-electron chi connectivity index (χ0n) is 14.2. The average Bonchev–Trinajstić information content (AvgIpc) is 3.31. The fourth-order valence-corrected chi connectivity index (χ4v) is 4.20. The zero-order chi connectivity index (χ0) is 16.4. The molecule has 5 nitrogen and oxygen atoms in total. The van der Waals surface area contributed by atoms with Crippen LogP contribution in [-0.4, -0.2) is 50.2 Å². The van der Waals surface area contributed by atoms with Gasteiger partial charge in [-0.1, -0.05) is 18.2 Å². The topological polar surface area (TPSA) is 53.6 Å². The van der Waals surface area contributed by atoms with Crippen LogP contribution in [0, 0.1) is 11.3 Å². The van der Waals surface area contributed by atoms with Gasteiger partial charge < -0.3 is 15.4 Å². The number of ether oxygens (including phenoxy) is 1. The van der Waals surface area contributed by atoms with Crippen molar-refractivity contribution in [3.63, 3.8) is 0 Å². The number of hydrogen-bond donors (Lipinski definition) is 2. The van der Waals surface area contributed by atoms with Crippen LogP contribution >= 0.6 is 0 Å². The number of rotatable bonds is 4. The molecule has 1 atom stereocenters. The molecular formula is C19H27N3O2. The Kier molecular flexibility index (Phi) is 4.57. The van der Waals surface area contributed by atoms with E-state index in [1.807, 2.05) is 12.1 Å². The summed E-state index contributed by atoms with van der Waals surface area (Å²) in [6.45, 7) is 6.50. The molecule has 0 radical (unpaired) electrons. The minimum Gasteiger partial charge on any atom is -0.379 e. The Morgan fingerprint density at radius 2 is 2.00 bits per heavy atom. The van der Waals surface area contributed by atoms with Crippen LogP contribution in [0.3, 0.4) is 0 Å². The first-order chi connectivity index (χ1) is 11.8. The summed E-state index contributed by atoms with van der Waals surface area (Å²) < 4.78 is 5.42. The summed E-state index contributed by atoms with van der Waals surface area (Å²) in [6.07, 6.45) is 3.34. The van der Waals surface area contributed by atoms with Gasteiger partial charge in [-0.2, -0.15) is 0 Å². The predicted octanol–water partition coefficient (Wildman–Crippen LogP) is 1.85. The lowest BCUT2D eigenvalue weighted by Gasteiger charge is -2.27. The van der Waals surface area contributed by atoms with Crippen LogP contribution in [0.5, 0.6) is 0 Å². The summed E-state index contributed by atoms with van der Waals surface area (Å²) >= 11 is 0. The molecule has 3 aliphatic rings. The van der Waals surface area contributed by atoms with E-state index in [2.05, 4.69) is 27.7 Å². The van der Waals surface area contributed by atoms with Crippen LogP contribution in [0.2, 0.25) is 0 Å². The molecule has 1 amide bonds. The van der Waals surface area contributed by atoms with Crippen molar-refractivity contribution in [3.05, 3.63) is 29.8 Å². The molecule has 2 aliphatic heterocycles. The molecule has 130 valence electrons. The fourth-order valence-electron chi connectivity index (χ4n) is 4.20. The van der Waals surface area contributed by atoms with Crippen LogP contribution in [0.4, 0.5) is 5.69 Å². The van der Waals surface area contributed by atoms with Crippen LogP contribution in [-0.2, 0) is 16.1 Å². The normalized spacial score (nSPS) is 26.2. The molecule has 24 heavy (non-hydrogen) atoms. The summed E-state index contributed by atoms with van der Waals surface area (Å²) in [6, 6.07) is 8.21. The number of nitrogens with one attached hydrogen (secondary N) is 2. The van der Waals surface area contributed by atoms with E-state index in [1.54, 1.807) is 0 Å². The van der Waals surface area contributed by atoms with Crippen molar-refractivity contribution in [2.75, 3.05) is 44.7 Å². The number of morpholine rings is 1. The van der Waals surface area contributed by atoms with Gasteiger partial charge in [0.1, 0.15) is 0 Å². The van der Waals surface area contributed by atoms with Crippen LogP contribution < -0.4 is 10.6 Å². The van der Waals surface area contributed by atoms with Gasteiger partial charge in [-0.25, -0.2) is 0 Å². The number of amides is 1. The number of benzene rings is 1. The Balaban J connectivity index is 1.40. The number of carbonyl (C=O) groups excluding carboxylic acids is 1. The molecule has 0 aromatic heterocycles. The summed E-state index contributed by atoms with van der Waals surface area (Å²) in [5.41, 5.74) is 2.46. The Hall–Kier alpha value is -1.43.